The lowest BCUT2D eigenvalue weighted by Gasteiger charge is -2.15. The molecule has 0 saturated carbocycles. The zero-order valence-electron chi connectivity index (χ0n) is 16.0. The molecule has 2 heterocycles. The van der Waals surface area contributed by atoms with Gasteiger partial charge in [-0.15, -0.1) is 0 Å². The van der Waals surface area contributed by atoms with Crippen molar-refractivity contribution < 1.29 is 9.53 Å². The number of Topliss-reactive ketones (excluding diaryl/α,β-unsaturated/α-hetero) is 1. The van der Waals surface area contributed by atoms with E-state index in [2.05, 4.69) is 4.98 Å². The molecule has 25 heavy (non-hydrogen) atoms. The van der Waals surface area contributed by atoms with E-state index in [1.54, 1.807) is 13.1 Å². The minimum absolute atomic E-state index is 0.0187. The van der Waals surface area contributed by atoms with Crippen LogP contribution in [0.15, 0.2) is 30.5 Å². The molecule has 4 nitrogen and oxygen atoms in total. The number of ether oxygens (including phenoxy) is 1. The SMILES string of the molecule is CC.CC.CC(=O)C1CC(Oc2ccnc3cc(Cl)ccc23)CN1C. The van der Waals surface area contributed by atoms with E-state index in [0.717, 1.165) is 29.6 Å². The first-order valence-corrected chi connectivity index (χ1v) is 9.34. The molecule has 0 spiro atoms. The van der Waals surface area contributed by atoms with Gasteiger partial charge in [0.05, 0.1) is 11.6 Å². The number of halogens is 1. The van der Waals surface area contributed by atoms with Gasteiger partial charge >= 0.3 is 0 Å². The van der Waals surface area contributed by atoms with Crippen LogP contribution in [0.1, 0.15) is 41.0 Å². The number of carbonyl (C=O) groups is 1. The van der Waals surface area contributed by atoms with Crippen LogP contribution < -0.4 is 4.74 Å². The Bertz CT molecular complexity index is 690. The van der Waals surface area contributed by atoms with Gasteiger partial charge in [0, 0.05) is 29.6 Å². The van der Waals surface area contributed by atoms with Crippen LogP contribution in [-0.4, -0.2) is 41.4 Å². The lowest BCUT2D eigenvalue weighted by molar-refractivity contribution is -0.120. The molecule has 0 amide bonds. The van der Waals surface area contributed by atoms with Crippen LogP contribution in [0.4, 0.5) is 0 Å². The number of likely N-dealkylation sites (tertiary alicyclic amines) is 1. The summed E-state index contributed by atoms with van der Waals surface area (Å²) in [5.41, 5.74) is 0.814. The number of hydrogen-bond acceptors (Lipinski definition) is 4. The van der Waals surface area contributed by atoms with Crippen LogP contribution in [0.5, 0.6) is 5.75 Å². The number of carbonyl (C=O) groups excluding carboxylic acids is 1. The quantitative estimate of drug-likeness (QED) is 0.770. The van der Waals surface area contributed by atoms with Crippen LogP contribution >= 0.6 is 11.6 Å². The van der Waals surface area contributed by atoms with Crippen molar-refractivity contribution in [3.63, 3.8) is 0 Å². The summed E-state index contributed by atoms with van der Waals surface area (Å²) < 4.78 is 6.10. The van der Waals surface area contributed by atoms with E-state index in [4.69, 9.17) is 16.3 Å². The molecule has 2 aromatic rings. The smallest absolute Gasteiger partial charge is 0.147 e. The Labute approximate surface area is 156 Å². The highest BCUT2D eigenvalue weighted by atomic mass is 35.5. The molecule has 138 valence electrons. The monoisotopic (exact) mass is 364 g/mol. The second kappa shape index (κ2) is 10.4. The number of rotatable bonds is 3. The molecule has 1 aromatic carbocycles. The van der Waals surface area contributed by atoms with Crippen LogP contribution in [0, 0.1) is 0 Å². The summed E-state index contributed by atoms with van der Waals surface area (Å²) in [6, 6.07) is 7.39. The number of ketones is 1. The van der Waals surface area contributed by atoms with Crippen molar-refractivity contribution in [3.8, 4) is 5.75 Å². The summed E-state index contributed by atoms with van der Waals surface area (Å²) >= 11 is 5.99. The van der Waals surface area contributed by atoms with Crippen LogP contribution in [0.3, 0.4) is 0 Å². The minimum Gasteiger partial charge on any atom is -0.488 e. The average Bonchev–Trinajstić information content (AvgIpc) is 2.99. The van der Waals surface area contributed by atoms with Crippen LogP contribution in [-0.2, 0) is 4.79 Å². The van der Waals surface area contributed by atoms with Gasteiger partial charge in [-0.3, -0.25) is 14.7 Å². The molecule has 1 aliphatic heterocycles. The molecule has 2 atom stereocenters. The molecule has 1 fully saturated rings. The van der Waals surface area contributed by atoms with Gasteiger partial charge < -0.3 is 4.74 Å². The fraction of sp³-hybridized carbons (Fsp3) is 0.500. The van der Waals surface area contributed by atoms with Crippen molar-refractivity contribution in [2.45, 2.75) is 53.2 Å². The number of fused-ring (bicyclic) bond motifs is 1. The Morgan fingerprint density at radius 3 is 2.52 bits per heavy atom. The minimum atomic E-state index is -0.0439. The third-order valence-corrected chi connectivity index (χ3v) is 4.17. The van der Waals surface area contributed by atoms with E-state index < -0.39 is 0 Å². The van der Waals surface area contributed by atoms with Gasteiger partial charge in [0.15, 0.2) is 0 Å². The van der Waals surface area contributed by atoms with Gasteiger partial charge in [0.25, 0.3) is 0 Å². The van der Waals surface area contributed by atoms with Gasteiger partial charge in [-0.05, 0) is 38.2 Å². The molecular formula is C20H29ClN2O2. The molecule has 3 rings (SSSR count). The normalized spacial score (nSPS) is 19.5. The highest BCUT2D eigenvalue weighted by molar-refractivity contribution is 6.31. The maximum Gasteiger partial charge on any atom is 0.147 e. The molecule has 0 radical (unpaired) electrons. The number of likely N-dealkylation sites (N-methyl/N-ethyl adjacent to an activating group) is 1. The van der Waals surface area contributed by atoms with E-state index in [1.165, 1.54) is 0 Å². The lowest BCUT2D eigenvalue weighted by Crippen LogP contribution is -2.31. The molecule has 1 saturated heterocycles. The summed E-state index contributed by atoms with van der Waals surface area (Å²) in [7, 11) is 1.96. The summed E-state index contributed by atoms with van der Waals surface area (Å²) in [4.78, 5) is 17.9. The first-order valence-electron chi connectivity index (χ1n) is 8.96. The summed E-state index contributed by atoms with van der Waals surface area (Å²) in [5, 5.41) is 1.60. The van der Waals surface area contributed by atoms with E-state index in [1.807, 2.05) is 63.9 Å². The van der Waals surface area contributed by atoms with Gasteiger partial charge in [-0.1, -0.05) is 39.3 Å². The first kappa shape index (κ1) is 21.4. The summed E-state index contributed by atoms with van der Waals surface area (Å²) in [6.07, 6.45) is 2.46. The van der Waals surface area contributed by atoms with Crippen molar-refractivity contribution in [1.82, 2.24) is 9.88 Å². The fourth-order valence-electron chi connectivity index (χ4n) is 2.89. The van der Waals surface area contributed by atoms with Gasteiger partial charge in [-0.2, -0.15) is 0 Å². The number of pyridine rings is 1. The molecule has 0 bridgehead atoms. The highest BCUT2D eigenvalue weighted by Gasteiger charge is 2.33. The molecule has 0 aliphatic carbocycles. The molecule has 1 aromatic heterocycles. The number of hydrogen-bond donors (Lipinski definition) is 0. The Kier molecular flexibility index (Phi) is 8.87. The van der Waals surface area contributed by atoms with Gasteiger partial charge in [0.1, 0.15) is 17.6 Å². The van der Waals surface area contributed by atoms with Crippen molar-refractivity contribution in [2.24, 2.45) is 0 Å². The highest BCUT2D eigenvalue weighted by Crippen LogP contribution is 2.29. The molecule has 0 N–H and O–H groups in total. The zero-order chi connectivity index (χ0) is 19.0. The second-order valence-corrected chi connectivity index (χ2v) is 5.95. The Morgan fingerprint density at radius 1 is 1.24 bits per heavy atom. The van der Waals surface area contributed by atoms with Crippen LogP contribution in [0.2, 0.25) is 5.02 Å². The van der Waals surface area contributed by atoms with E-state index in [-0.39, 0.29) is 17.9 Å². The van der Waals surface area contributed by atoms with Crippen molar-refractivity contribution in [2.75, 3.05) is 13.6 Å². The van der Waals surface area contributed by atoms with Gasteiger partial charge in [-0.25, -0.2) is 0 Å². The fourth-order valence-corrected chi connectivity index (χ4v) is 3.06. The van der Waals surface area contributed by atoms with Crippen molar-refractivity contribution in [3.05, 3.63) is 35.5 Å². The van der Waals surface area contributed by atoms with Crippen molar-refractivity contribution in [1.29, 1.82) is 0 Å². The lowest BCUT2D eigenvalue weighted by atomic mass is 10.1. The largest absolute Gasteiger partial charge is 0.488 e. The number of aromatic nitrogens is 1. The van der Waals surface area contributed by atoms with E-state index >= 15 is 0 Å². The van der Waals surface area contributed by atoms with Crippen molar-refractivity contribution >= 4 is 28.3 Å². The van der Waals surface area contributed by atoms with Crippen LogP contribution in [0.25, 0.3) is 10.9 Å². The maximum atomic E-state index is 11.6. The topological polar surface area (TPSA) is 42.4 Å². The first-order chi connectivity index (χ1) is 12.0. The molecular weight excluding hydrogens is 336 g/mol. The maximum absolute atomic E-state index is 11.6. The second-order valence-electron chi connectivity index (χ2n) is 5.51. The predicted molar refractivity (Wildman–Crippen MR) is 106 cm³/mol. The Balaban J connectivity index is 0.000000730. The molecule has 1 aliphatic rings. The Hall–Kier alpha value is -1.65. The zero-order valence-corrected chi connectivity index (χ0v) is 16.8. The van der Waals surface area contributed by atoms with E-state index in [0.29, 0.717) is 5.02 Å². The molecule has 5 heteroatoms. The predicted octanol–water partition coefficient (Wildman–Crippen LogP) is 4.98. The summed E-state index contributed by atoms with van der Waals surface area (Å²) in [6.45, 7) is 10.4. The summed E-state index contributed by atoms with van der Waals surface area (Å²) in [5.74, 6) is 0.981. The molecule has 2 unspecified atom stereocenters. The van der Waals surface area contributed by atoms with Gasteiger partial charge in [0.2, 0.25) is 0 Å². The number of benzene rings is 1. The third-order valence-electron chi connectivity index (χ3n) is 3.94. The Morgan fingerprint density at radius 2 is 1.92 bits per heavy atom. The number of nitrogens with zero attached hydrogens (tertiary/aromatic N) is 2. The average molecular weight is 365 g/mol. The standard InChI is InChI=1S/C16H17ClN2O2.2C2H6/c1-10(20)15-8-12(9-19(15)2)21-16-5-6-18-14-7-11(17)3-4-13(14)16;2*1-2/h3-7,12,15H,8-9H2,1-2H3;2*1-2H3. The third kappa shape index (κ3) is 5.41. The van der Waals surface area contributed by atoms with E-state index in [9.17, 15) is 4.79 Å².